The van der Waals surface area contributed by atoms with E-state index in [1.54, 1.807) is 24.3 Å². The molecule has 7 nitrogen and oxygen atoms in total. The second kappa shape index (κ2) is 10.0. The monoisotopic (exact) mass is 494 g/mol. The standard InChI is InChI=1S/C23H21F3N2O5S/c1-16(22(29)27-17-8-12-21(13-9-17)33-23(24,25)26)28(34(2,30)31)18-10-14-20(15-11-18)32-19-6-4-3-5-7-19/h3-16H,1-2H3,(H,27,29)/t16-/m1/s1. The molecule has 0 fully saturated rings. The van der Waals surface area contributed by atoms with Crippen LogP contribution in [0.3, 0.4) is 0 Å². The molecule has 0 radical (unpaired) electrons. The summed E-state index contributed by atoms with van der Waals surface area (Å²) in [6.45, 7) is 1.39. The van der Waals surface area contributed by atoms with Gasteiger partial charge in [-0.2, -0.15) is 0 Å². The van der Waals surface area contributed by atoms with Crippen LogP contribution in [0.15, 0.2) is 78.9 Å². The molecule has 0 aliphatic heterocycles. The molecule has 180 valence electrons. The molecule has 0 spiro atoms. The Kier molecular flexibility index (Phi) is 7.35. The van der Waals surface area contributed by atoms with Gasteiger partial charge >= 0.3 is 6.36 Å². The van der Waals surface area contributed by atoms with Crippen molar-refractivity contribution in [3.63, 3.8) is 0 Å². The molecule has 1 atom stereocenters. The fraction of sp³-hybridized carbons (Fsp3) is 0.174. The molecule has 0 saturated carbocycles. The third-order valence-electron chi connectivity index (χ3n) is 4.51. The Hall–Kier alpha value is -3.73. The van der Waals surface area contributed by atoms with Crippen LogP contribution in [0, 0.1) is 0 Å². The van der Waals surface area contributed by atoms with E-state index in [1.165, 1.54) is 31.2 Å². The fourth-order valence-electron chi connectivity index (χ4n) is 3.08. The summed E-state index contributed by atoms with van der Waals surface area (Å²) < 4.78 is 72.2. The highest BCUT2D eigenvalue weighted by Gasteiger charge is 2.31. The van der Waals surface area contributed by atoms with Crippen LogP contribution in [0.5, 0.6) is 17.2 Å². The van der Waals surface area contributed by atoms with Gasteiger partial charge in [0.2, 0.25) is 15.9 Å². The van der Waals surface area contributed by atoms with Crippen molar-refractivity contribution >= 4 is 27.3 Å². The van der Waals surface area contributed by atoms with Crippen molar-refractivity contribution in [2.24, 2.45) is 0 Å². The number of carbonyl (C=O) groups excluding carboxylic acids is 1. The topological polar surface area (TPSA) is 84.9 Å². The molecule has 0 aliphatic carbocycles. The number of carbonyl (C=O) groups is 1. The number of nitrogens with zero attached hydrogens (tertiary/aromatic N) is 1. The van der Waals surface area contributed by atoms with Gasteiger partial charge in [0, 0.05) is 5.69 Å². The Morgan fingerprint density at radius 3 is 1.94 bits per heavy atom. The molecule has 0 bridgehead atoms. The van der Waals surface area contributed by atoms with E-state index < -0.39 is 34.1 Å². The third-order valence-corrected chi connectivity index (χ3v) is 5.76. The molecule has 0 heterocycles. The van der Waals surface area contributed by atoms with Gasteiger partial charge in [-0.1, -0.05) is 18.2 Å². The Labute approximate surface area is 194 Å². The van der Waals surface area contributed by atoms with Gasteiger partial charge < -0.3 is 14.8 Å². The molecule has 0 aromatic heterocycles. The largest absolute Gasteiger partial charge is 0.573 e. The molecule has 3 aromatic carbocycles. The summed E-state index contributed by atoms with van der Waals surface area (Å²) in [5, 5.41) is 2.49. The third kappa shape index (κ3) is 6.88. The van der Waals surface area contributed by atoms with Crippen LogP contribution in [0.2, 0.25) is 0 Å². The maximum atomic E-state index is 12.7. The van der Waals surface area contributed by atoms with E-state index >= 15 is 0 Å². The number of amides is 1. The predicted octanol–water partition coefficient (Wildman–Crippen LogP) is 5.17. The zero-order valence-electron chi connectivity index (χ0n) is 18.1. The van der Waals surface area contributed by atoms with E-state index in [0.717, 1.165) is 22.7 Å². The minimum Gasteiger partial charge on any atom is -0.457 e. The van der Waals surface area contributed by atoms with Gasteiger partial charge in [0.1, 0.15) is 23.3 Å². The van der Waals surface area contributed by atoms with Crippen molar-refractivity contribution in [2.75, 3.05) is 15.9 Å². The zero-order chi connectivity index (χ0) is 24.9. The maximum absolute atomic E-state index is 12.7. The first-order chi connectivity index (χ1) is 15.9. The van der Waals surface area contributed by atoms with Gasteiger partial charge in [-0.25, -0.2) is 8.42 Å². The average molecular weight is 494 g/mol. The molecule has 1 N–H and O–H groups in total. The number of hydrogen-bond donors (Lipinski definition) is 1. The molecule has 3 rings (SSSR count). The molecular weight excluding hydrogens is 473 g/mol. The zero-order valence-corrected chi connectivity index (χ0v) is 18.9. The van der Waals surface area contributed by atoms with Crippen LogP contribution < -0.4 is 19.1 Å². The molecule has 3 aromatic rings. The van der Waals surface area contributed by atoms with E-state index in [0.29, 0.717) is 11.5 Å². The van der Waals surface area contributed by atoms with Crippen LogP contribution in [-0.2, 0) is 14.8 Å². The number of para-hydroxylation sites is 1. The number of nitrogens with one attached hydrogen (secondary N) is 1. The van der Waals surface area contributed by atoms with Crippen LogP contribution in [0.25, 0.3) is 0 Å². The summed E-state index contributed by atoms with van der Waals surface area (Å²) in [6, 6.07) is 18.5. The van der Waals surface area contributed by atoms with Gasteiger partial charge in [0.25, 0.3) is 0 Å². The van der Waals surface area contributed by atoms with Crippen molar-refractivity contribution in [2.45, 2.75) is 19.3 Å². The fourth-order valence-corrected chi connectivity index (χ4v) is 4.26. The highest BCUT2D eigenvalue weighted by molar-refractivity contribution is 7.92. The van der Waals surface area contributed by atoms with Crippen molar-refractivity contribution in [1.82, 2.24) is 0 Å². The predicted molar refractivity (Wildman–Crippen MR) is 121 cm³/mol. The lowest BCUT2D eigenvalue weighted by Crippen LogP contribution is -2.45. The van der Waals surface area contributed by atoms with E-state index in [9.17, 15) is 26.4 Å². The van der Waals surface area contributed by atoms with Gasteiger partial charge in [0.15, 0.2) is 0 Å². The maximum Gasteiger partial charge on any atom is 0.573 e. The molecular formula is C23H21F3N2O5S. The van der Waals surface area contributed by atoms with Crippen molar-refractivity contribution < 1.29 is 35.9 Å². The molecule has 34 heavy (non-hydrogen) atoms. The molecule has 0 aliphatic rings. The summed E-state index contributed by atoms with van der Waals surface area (Å²) >= 11 is 0. The highest BCUT2D eigenvalue weighted by atomic mass is 32.2. The number of rotatable bonds is 8. The summed E-state index contributed by atoms with van der Waals surface area (Å²) in [6.07, 6.45) is -3.87. The number of ether oxygens (including phenoxy) is 2. The van der Waals surface area contributed by atoms with E-state index in [4.69, 9.17) is 4.74 Å². The summed E-state index contributed by atoms with van der Waals surface area (Å²) in [7, 11) is -3.87. The second-order valence-corrected chi connectivity index (χ2v) is 9.06. The number of halogens is 3. The first kappa shape index (κ1) is 24.9. The van der Waals surface area contributed by atoms with Crippen LogP contribution in [0.4, 0.5) is 24.5 Å². The molecule has 1 amide bonds. The van der Waals surface area contributed by atoms with E-state index in [-0.39, 0.29) is 11.4 Å². The number of alkyl halides is 3. The molecule has 0 unspecified atom stereocenters. The lowest BCUT2D eigenvalue weighted by atomic mass is 10.2. The summed E-state index contributed by atoms with van der Waals surface area (Å²) in [5.41, 5.74) is 0.408. The first-order valence-corrected chi connectivity index (χ1v) is 11.8. The summed E-state index contributed by atoms with van der Waals surface area (Å²) in [5.74, 6) is -0.0510. The van der Waals surface area contributed by atoms with Crippen LogP contribution in [0.1, 0.15) is 6.92 Å². The Morgan fingerprint density at radius 1 is 0.882 bits per heavy atom. The average Bonchev–Trinajstić information content (AvgIpc) is 2.75. The SMILES string of the molecule is C[C@H](C(=O)Nc1ccc(OC(F)(F)F)cc1)N(c1ccc(Oc2ccccc2)cc1)S(C)(=O)=O. The number of anilines is 2. The van der Waals surface area contributed by atoms with Gasteiger partial charge in [-0.15, -0.1) is 13.2 Å². The quantitative estimate of drug-likeness (QED) is 0.467. The minimum atomic E-state index is -4.84. The highest BCUT2D eigenvalue weighted by Crippen LogP contribution is 2.28. The van der Waals surface area contributed by atoms with Crippen molar-refractivity contribution in [3.8, 4) is 17.2 Å². The Bertz CT molecular complexity index is 1220. The van der Waals surface area contributed by atoms with Crippen molar-refractivity contribution in [1.29, 1.82) is 0 Å². The van der Waals surface area contributed by atoms with Gasteiger partial charge in [-0.05, 0) is 67.6 Å². The number of sulfonamides is 1. The Balaban J connectivity index is 1.74. The Morgan fingerprint density at radius 2 is 1.41 bits per heavy atom. The second-order valence-electron chi connectivity index (χ2n) is 7.21. The number of benzene rings is 3. The van der Waals surface area contributed by atoms with Gasteiger partial charge in [-0.3, -0.25) is 9.10 Å². The summed E-state index contributed by atoms with van der Waals surface area (Å²) in [4.78, 5) is 12.7. The molecule has 0 saturated heterocycles. The smallest absolute Gasteiger partial charge is 0.457 e. The van der Waals surface area contributed by atoms with E-state index in [1.807, 2.05) is 18.2 Å². The number of hydrogen-bond acceptors (Lipinski definition) is 5. The minimum absolute atomic E-state index is 0.173. The van der Waals surface area contributed by atoms with E-state index in [2.05, 4.69) is 10.1 Å². The van der Waals surface area contributed by atoms with Crippen molar-refractivity contribution in [3.05, 3.63) is 78.9 Å². The first-order valence-electron chi connectivity index (χ1n) is 9.91. The lowest BCUT2D eigenvalue weighted by Gasteiger charge is -2.28. The lowest BCUT2D eigenvalue weighted by molar-refractivity contribution is -0.274. The molecule has 11 heteroatoms. The van der Waals surface area contributed by atoms with Crippen LogP contribution in [-0.4, -0.2) is 33.0 Å². The normalized spacial score (nSPS) is 12.5. The van der Waals surface area contributed by atoms with Crippen LogP contribution >= 0.6 is 0 Å². The van der Waals surface area contributed by atoms with Gasteiger partial charge in [0.05, 0.1) is 11.9 Å².